The van der Waals surface area contributed by atoms with Crippen LogP contribution in [0.5, 0.6) is 0 Å². The first-order chi connectivity index (χ1) is 25.3. The Bertz CT molecular complexity index is 2880. The maximum absolute atomic E-state index is 16.1. The Morgan fingerprint density at radius 3 is 1.77 bits per heavy atom. The SMILES string of the molecule is [C-]#[N+]c1ccc(-c2nc3cc(-c4c(F)c(F)c([N+]#[C-])c(F)c4F)c4c(-c5ccccc5)nc5ccccc5c4c3nc2-c2ccc(C#N)cc2)cc1. The van der Waals surface area contributed by atoms with Crippen molar-refractivity contribution in [3.8, 4) is 51.0 Å². The molecule has 10 heteroatoms. The summed E-state index contributed by atoms with van der Waals surface area (Å²) >= 11 is 0. The normalized spacial score (nSPS) is 11.0. The van der Waals surface area contributed by atoms with Gasteiger partial charge in [-0.05, 0) is 35.4 Å². The Morgan fingerprint density at radius 1 is 0.558 bits per heavy atom. The minimum Gasteiger partial charge on any atom is -0.247 e. The number of pyridine rings is 1. The quantitative estimate of drug-likeness (QED) is 0.0802. The average Bonchev–Trinajstić information content (AvgIpc) is 3.20. The number of nitriles is 1. The number of hydrogen-bond acceptors (Lipinski definition) is 4. The highest BCUT2D eigenvalue weighted by atomic mass is 19.2. The molecule has 6 aromatic carbocycles. The Labute approximate surface area is 293 Å². The second-order valence-corrected chi connectivity index (χ2v) is 11.7. The Balaban J connectivity index is 1.62. The monoisotopic (exact) mass is 682 g/mol. The van der Waals surface area contributed by atoms with Gasteiger partial charge in [0.25, 0.3) is 5.69 Å². The predicted molar refractivity (Wildman–Crippen MR) is 191 cm³/mol. The minimum absolute atomic E-state index is 0.133. The van der Waals surface area contributed by atoms with Crippen molar-refractivity contribution in [3.05, 3.63) is 161 Å². The zero-order chi connectivity index (χ0) is 36.1. The number of halogens is 4. The van der Waals surface area contributed by atoms with Gasteiger partial charge in [-0.3, -0.25) is 0 Å². The Hall–Kier alpha value is -7.48. The van der Waals surface area contributed by atoms with E-state index in [0.717, 1.165) is 0 Å². The van der Waals surface area contributed by atoms with Crippen molar-refractivity contribution in [3.63, 3.8) is 0 Å². The molecule has 0 amide bonds. The standard InChI is InChI=1S/C42H18F4N6/c1-48-26-18-16-25(17-19-26)39-40(24-14-12-22(21-47)13-15-24)52-41-30(51-39)20-28(33-34(43)36(45)42(49-2)37(46)35(33)44)32-31(41)27-10-6-7-11-29(27)50-38(32)23-8-4-3-5-9-23/h3-20H. The number of aromatic nitrogens is 3. The van der Waals surface area contributed by atoms with E-state index in [9.17, 15) is 5.26 Å². The van der Waals surface area contributed by atoms with Crippen LogP contribution in [0.25, 0.3) is 87.3 Å². The molecule has 0 unspecified atom stereocenters. The molecular weight excluding hydrogens is 664 g/mol. The van der Waals surface area contributed by atoms with Crippen LogP contribution in [0, 0.1) is 47.7 Å². The van der Waals surface area contributed by atoms with Crippen LogP contribution in [0.1, 0.15) is 5.56 Å². The van der Waals surface area contributed by atoms with Gasteiger partial charge in [-0.15, -0.1) is 0 Å². The summed E-state index contributed by atoms with van der Waals surface area (Å²) in [6.45, 7) is 14.6. The molecule has 244 valence electrons. The third-order valence-corrected chi connectivity index (χ3v) is 8.83. The van der Waals surface area contributed by atoms with Crippen molar-refractivity contribution in [1.82, 2.24) is 15.0 Å². The summed E-state index contributed by atoms with van der Waals surface area (Å²) in [4.78, 5) is 21.2. The van der Waals surface area contributed by atoms with Crippen LogP contribution >= 0.6 is 0 Å². The van der Waals surface area contributed by atoms with Gasteiger partial charge in [-0.2, -0.15) is 5.26 Å². The first kappa shape index (κ1) is 31.8. The first-order valence-corrected chi connectivity index (χ1v) is 15.7. The van der Waals surface area contributed by atoms with E-state index in [1.54, 1.807) is 103 Å². The maximum atomic E-state index is 16.1. The van der Waals surface area contributed by atoms with Gasteiger partial charge >= 0.3 is 0 Å². The van der Waals surface area contributed by atoms with E-state index in [0.29, 0.717) is 61.1 Å². The molecule has 0 aliphatic heterocycles. The third kappa shape index (κ3) is 4.96. The highest BCUT2D eigenvalue weighted by Gasteiger charge is 2.30. The summed E-state index contributed by atoms with van der Waals surface area (Å²) in [6.07, 6.45) is 0. The van der Waals surface area contributed by atoms with Gasteiger partial charge in [0.05, 0.1) is 64.0 Å². The van der Waals surface area contributed by atoms with Gasteiger partial charge in [0, 0.05) is 27.3 Å². The lowest BCUT2D eigenvalue weighted by molar-refractivity contribution is 0.465. The third-order valence-electron chi connectivity index (χ3n) is 8.83. The van der Waals surface area contributed by atoms with E-state index in [2.05, 4.69) is 15.8 Å². The van der Waals surface area contributed by atoms with E-state index < -0.39 is 34.5 Å². The zero-order valence-electron chi connectivity index (χ0n) is 26.6. The topological polar surface area (TPSA) is 71.2 Å². The average molecular weight is 683 g/mol. The molecule has 6 nitrogen and oxygen atoms in total. The summed E-state index contributed by atoms with van der Waals surface area (Å²) in [5, 5.41) is 10.5. The molecule has 0 fully saturated rings. The zero-order valence-corrected chi connectivity index (χ0v) is 26.6. The van der Waals surface area contributed by atoms with Crippen molar-refractivity contribution in [2.75, 3.05) is 0 Å². The Morgan fingerprint density at radius 2 is 1.13 bits per heavy atom. The molecule has 0 saturated carbocycles. The van der Waals surface area contributed by atoms with Crippen LogP contribution in [0.4, 0.5) is 28.9 Å². The molecule has 0 bridgehead atoms. The summed E-state index contributed by atoms with van der Waals surface area (Å²) in [7, 11) is 0. The van der Waals surface area contributed by atoms with Gasteiger partial charge in [0.1, 0.15) is 0 Å². The predicted octanol–water partition coefficient (Wildman–Crippen LogP) is 11.5. The number of benzene rings is 6. The van der Waals surface area contributed by atoms with Crippen LogP contribution < -0.4 is 0 Å². The summed E-state index contributed by atoms with van der Waals surface area (Å²) in [6, 6.07) is 32.7. The van der Waals surface area contributed by atoms with E-state index in [1.165, 1.54) is 6.07 Å². The molecule has 0 atom stereocenters. The second kappa shape index (κ2) is 12.4. The fraction of sp³-hybridized carbons (Fsp3) is 0. The van der Waals surface area contributed by atoms with E-state index in [4.69, 9.17) is 28.1 Å². The van der Waals surface area contributed by atoms with Crippen LogP contribution in [-0.2, 0) is 0 Å². The number of para-hydroxylation sites is 1. The molecule has 0 N–H and O–H groups in total. The highest BCUT2D eigenvalue weighted by Crippen LogP contribution is 2.46. The molecular formula is C42H18F4N6. The van der Waals surface area contributed by atoms with Gasteiger partial charge in [0.15, 0.2) is 29.0 Å². The molecule has 2 heterocycles. The molecule has 0 aliphatic carbocycles. The fourth-order valence-electron chi connectivity index (χ4n) is 6.42. The smallest absolute Gasteiger partial charge is 0.247 e. The lowest BCUT2D eigenvalue weighted by atomic mass is 9.90. The largest absolute Gasteiger partial charge is 0.262 e. The highest BCUT2D eigenvalue weighted by molar-refractivity contribution is 6.25. The molecule has 0 radical (unpaired) electrons. The van der Waals surface area contributed by atoms with Gasteiger partial charge in [-0.1, -0.05) is 84.9 Å². The lowest BCUT2D eigenvalue weighted by Gasteiger charge is -2.19. The lowest BCUT2D eigenvalue weighted by Crippen LogP contribution is -2.03. The maximum Gasteiger partial charge on any atom is 0.262 e. The number of fused-ring (bicyclic) bond motifs is 5. The van der Waals surface area contributed by atoms with Crippen LogP contribution in [0.3, 0.4) is 0 Å². The van der Waals surface area contributed by atoms with Crippen molar-refractivity contribution in [2.24, 2.45) is 0 Å². The molecule has 8 aromatic rings. The van der Waals surface area contributed by atoms with Crippen molar-refractivity contribution < 1.29 is 17.6 Å². The number of hydrogen-bond donors (Lipinski definition) is 0. The van der Waals surface area contributed by atoms with E-state index in [1.807, 2.05) is 0 Å². The van der Waals surface area contributed by atoms with Crippen molar-refractivity contribution in [1.29, 1.82) is 5.26 Å². The van der Waals surface area contributed by atoms with Gasteiger partial charge in [-0.25, -0.2) is 42.2 Å². The molecule has 0 spiro atoms. The number of nitrogens with zero attached hydrogens (tertiary/aromatic N) is 6. The number of rotatable bonds is 4. The second-order valence-electron chi connectivity index (χ2n) is 11.7. The minimum atomic E-state index is -1.82. The first-order valence-electron chi connectivity index (χ1n) is 15.7. The summed E-state index contributed by atoms with van der Waals surface area (Å²) in [5.74, 6) is -7.13. The van der Waals surface area contributed by atoms with Crippen molar-refractivity contribution >= 4 is 44.1 Å². The molecule has 8 rings (SSSR count). The van der Waals surface area contributed by atoms with E-state index >= 15 is 17.6 Å². The van der Waals surface area contributed by atoms with E-state index in [-0.39, 0.29) is 22.2 Å². The van der Waals surface area contributed by atoms with Crippen LogP contribution in [0.15, 0.2) is 109 Å². The van der Waals surface area contributed by atoms with Gasteiger partial charge < -0.3 is 0 Å². The summed E-state index contributed by atoms with van der Waals surface area (Å²) in [5.41, 5.74) is 1.80. The molecule has 2 aromatic heterocycles. The van der Waals surface area contributed by atoms with Gasteiger partial charge in [0.2, 0.25) is 0 Å². The molecule has 0 saturated heterocycles. The Kier molecular flexibility index (Phi) is 7.60. The van der Waals surface area contributed by atoms with Crippen molar-refractivity contribution in [2.45, 2.75) is 0 Å². The molecule has 52 heavy (non-hydrogen) atoms. The fourth-order valence-corrected chi connectivity index (χ4v) is 6.42. The molecule has 0 aliphatic rings. The van der Waals surface area contributed by atoms with Crippen LogP contribution in [0.2, 0.25) is 0 Å². The van der Waals surface area contributed by atoms with Crippen LogP contribution in [-0.4, -0.2) is 15.0 Å². The summed E-state index contributed by atoms with van der Waals surface area (Å²) < 4.78 is 62.9.